The van der Waals surface area contributed by atoms with Gasteiger partial charge in [-0.25, -0.2) is 16.8 Å². The molecule has 12 heteroatoms. The van der Waals surface area contributed by atoms with Crippen LogP contribution in [0.15, 0.2) is 28.7 Å². The van der Waals surface area contributed by atoms with Crippen LogP contribution in [0.5, 0.6) is 0 Å². The van der Waals surface area contributed by atoms with Crippen molar-refractivity contribution in [2.24, 2.45) is 0 Å². The number of aromatic nitrogens is 2. The fraction of sp³-hybridized carbons (Fsp3) is 0.529. The zero-order chi connectivity index (χ0) is 20.6. The Morgan fingerprint density at radius 3 is 2.41 bits per heavy atom. The van der Waals surface area contributed by atoms with Gasteiger partial charge in [-0.05, 0) is 30.7 Å². The van der Waals surface area contributed by atoms with E-state index in [4.69, 9.17) is 16.0 Å². The molecule has 9 nitrogen and oxygen atoms in total. The predicted octanol–water partition coefficient (Wildman–Crippen LogP) is 1.02. The van der Waals surface area contributed by atoms with Gasteiger partial charge in [0.15, 0.2) is 9.84 Å². The third-order valence-corrected chi connectivity index (χ3v) is 9.78. The van der Waals surface area contributed by atoms with Crippen molar-refractivity contribution in [2.75, 3.05) is 37.7 Å². The Bertz CT molecular complexity index is 1080. The van der Waals surface area contributed by atoms with Crippen LogP contribution in [0, 0.1) is 0 Å². The lowest BCUT2D eigenvalue weighted by atomic mass is 10.2. The van der Waals surface area contributed by atoms with Crippen molar-refractivity contribution >= 4 is 31.5 Å². The molecule has 0 amide bonds. The van der Waals surface area contributed by atoms with E-state index in [1.807, 2.05) is 4.90 Å². The molecule has 2 aromatic rings. The van der Waals surface area contributed by atoms with Gasteiger partial charge in [0, 0.05) is 36.8 Å². The number of nitrogens with zero attached hydrogens (tertiary/aromatic N) is 4. The molecule has 1 atom stereocenters. The first-order chi connectivity index (χ1) is 13.7. The lowest BCUT2D eigenvalue weighted by Crippen LogP contribution is -2.51. The largest absolute Gasteiger partial charge is 0.419 e. The Hall–Kier alpha value is -1.53. The molecule has 2 aliphatic heterocycles. The van der Waals surface area contributed by atoms with Crippen LogP contribution in [0.4, 0.5) is 0 Å². The summed E-state index contributed by atoms with van der Waals surface area (Å²) in [4.78, 5) is 2.04. The number of hydrogen-bond acceptors (Lipinski definition) is 8. The molecular weight excluding hydrogens is 440 g/mol. The van der Waals surface area contributed by atoms with E-state index in [9.17, 15) is 16.8 Å². The summed E-state index contributed by atoms with van der Waals surface area (Å²) in [6, 6.07) is 7.09. The summed E-state index contributed by atoms with van der Waals surface area (Å²) in [6.07, 6.45) is 0.181. The number of rotatable bonds is 5. The summed E-state index contributed by atoms with van der Waals surface area (Å²) in [7, 11) is -6.84. The van der Waals surface area contributed by atoms with Gasteiger partial charge >= 0.3 is 0 Å². The molecule has 4 rings (SSSR count). The minimum Gasteiger partial charge on any atom is -0.419 e. The van der Waals surface area contributed by atoms with Crippen LogP contribution in [0.3, 0.4) is 0 Å². The molecule has 1 aromatic carbocycles. The predicted molar refractivity (Wildman–Crippen MR) is 108 cm³/mol. The lowest BCUT2D eigenvalue weighted by molar-refractivity contribution is 0.168. The normalized spacial score (nSPS) is 23.4. The molecule has 29 heavy (non-hydrogen) atoms. The van der Waals surface area contributed by atoms with E-state index in [1.165, 1.54) is 4.31 Å². The van der Waals surface area contributed by atoms with Crippen LogP contribution in [-0.4, -0.2) is 79.2 Å². The molecule has 1 aromatic heterocycles. The van der Waals surface area contributed by atoms with Gasteiger partial charge in [-0.3, -0.25) is 4.90 Å². The maximum Gasteiger partial charge on any atom is 0.247 e. The maximum absolute atomic E-state index is 12.7. The number of hydrogen-bond donors (Lipinski definition) is 0. The highest BCUT2D eigenvalue weighted by Crippen LogP contribution is 2.24. The monoisotopic (exact) mass is 460 g/mol. The van der Waals surface area contributed by atoms with Gasteiger partial charge in [0.25, 0.3) is 0 Å². The first kappa shape index (κ1) is 20.7. The van der Waals surface area contributed by atoms with Crippen molar-refractivity contribution in [1.29, 1.82) is 0 Å². The highest BCUT2D eigenvalue weighted by atomic mass is 35.5. The summed E-state index contributed by atoms with van der Waals surface area (Å²) in [6.45, 7) is 2.08. The molecule has 0 radical (unpaired) electrons. The Morgan fingerprint density at radius 1 is 1.10 bits per heavy atom. The molecule has 0 unspecified atom stereocenters. The summed E-state index contributed by atoms with van der Waals surface area (Å²) in [5.41, 5.74) is 0.774. The second-order valence-electron chi connectivity index (χ2n) is 7.25. The fourth-order valence-corrected chi connectivity index (χ4v) is 8.20. The number of piperazine rings is 1. The van der Waals surface area contributed by atoms with Crippen LogP contribution in [-0.2, 0) is 26.4 Å². The van der Waals surface area contributed by atoms with Gasteiger partial charge in [0.2, 0.25) is 21.8 Å². The van der Waals surface area contributed by atoms with Gasteiger partial charge in [-0.2, -0.15) is 4.31 Å². The summed E-state index contributed by atoms with van der Waals surface area (Å²) >= 11 is 5.88. The Morgan fingerprint density at radius 2 is 1.79 bits per heavy atom. The average molecular weight is 461 g/mol. The molecule has 158 valence electrons. The number of sulfone groups is 1. The third-order valence-electron chi connectivity index (χ3n) is 5.22. The highest BCUT2D eigenvalue weighted by Gasteiger charge is 2.41. The SMILES string of the molecule is O=S1(=O)CC[C@H](S(=O)(=O)N2CCN(Cc3nnc(-c4ccc(Cl)cc4)o3)CC2)C1. The summed E-state index contributed by atoms with van der Waals surface area (Å²) < 4.78 is 55.8. The van der Waals surface area contributed by atoms with E-state index in [-0.39, 0.29) is 17.9 Å². The van der Waals surface area contributed by atoms with Crippen molar-refractivity contribution in [2.45, 2.75) is 18.2 Å². The Balaban J connectivity index is 1.34. The molecule has 3 heterocycles. The molecular formula is C17H21ClN4O5S2. The van der Waals surface area contributed by atoms with Crippen molar-refractivity contribution in [1.82, 2.24) is 19.4 Å². The van der Waals surface area contributed by atoms with E-state index in [1.54, 1.807) is 24.3 Å². The van der Waals surface area contributed by atoms with Crippen LogP contribution in [0.25, 0.3) is 11.5 Å². The van der Waals surface area contributed by atoms with E-state index >= 15 is 0 Å². The molecule has 2 aliphatic rings. The zero-order valence-electron chi connectivity index (χ0n) is 15.6. The van der Waals surface area contributed by atoms with Gasteiger partial charge in [0.05, 0.1) is 23.3 Å². The second kappa shape index (κ2) is 7.95. The molecule has 0 saturated carbocycles. The van der Waals surface area contributed by atoms with Gasteiger partial charge in [0.1, 0.15) is 0 Å². The van der Waals surface area contributed by atoms with Gasteiger partial charge in [-0.1, -0.05) is 11.6 Å². The lowest BCUT2D eigenvalue weighted by Gasteiger charge is -2.34. The molecule has 0 spiro atoms. The summed E-state index contributed by atoms with van der Waals surface area (Å²) in [5, 5.41) is 7.92. The van der Waals surface area contributed by atoms with Crippen molar-refractivity contribution < 1.29 is 21.3 Å². The van der Waals surface area contributed by atoms with E-state index in [0.717, 1.165) is 5.56 Å². The van der Waals surface area contributed by atoms with Crippen LogP contribution in [0.1, 0.15) is 12.3 Å². The van der Waals surface area contributed by atoms with E-state index in [2.05, 4.69) is 10.2 Å². The minimum absolute atomic E-state index is 0.0516. The topological polar surface area (TPSA) is 114 Å². The molecule has 0 N–H and O–H groups in total. The third kappa shape index (κ3) is 4.64. The number of benzene rings is 1. The standard InChI is InChI=1S/C17H21ClN4O5S2/c18-14-3-1-13(2-4-14)17-20-19-16(27-17)11-21-6-8-22(9-7-21)29(25,26)15-5-10-28(23,24)12-15/h1-4,15H,5-12H2/t15-/m0/s1. The Labute approximate surface area is 174 Å². The molecule has 2 fully saturated rings. The fourth-order valence-electron chi connectivity index (χ4n) is 3.57. The molecule has 0 aliphatic carbocycles. The van der Waals surface area contributed by atoms with Gasteiger partial charge < -0.3 is 4.42 Å². The van der Waals surface area contributed by atoms with Crippen molar-refractivity contribution in [3.8, 4) is 11.5 Å². The van der Waals surface area contributed by atoms with Crippen LogP contribution in [0.2, 0.25) is 5.02 Å². The maximum atomic E-state index is 12.7. The van der Waals surface area contributed by atoms with E-state index in [0.29, 0.717) is 49.5 Å². The quantitative estimate of drug-likeness (QED) is 0.649. The molecule has 0 bridgehead atoms. The first-order valence-electron chi connectivity index (χ1n) is 9.23. The van der Waals surface area contributed by atoms with Crippen molar-refractivity contribution in [3.05, 3.63) is 35.2 Å². The Kier molecular flexibility index (Phi) is 5.68. The first-order valence-corrected chi connectivity index (χ1v) is 12.9. The minimum atomic E-state index is -3.60. The summed E-state index contributed by atoms with van der Waals surface area (Å²) in [5.74, 6) is 0.531. The van der Waals surface area contributed by atoms with Crippen LogP contribution >= 0.6 is 11.6 Å². The van der Waals surface area contributed by atoms with Gasteiger partial charge in [-0.15, -0.1) is 10.2 Å². The second-order valence-corrected chi connectivity index (χ2v) is 12.1. The smallest absolute Gasteiger partial charge is 0.247 e. The average Bonchev–Trinajstić information content (AvgIpc) is 3.29. The van der Waals surface area contributed by atoms with Crippen molar-refractivity contribution in [3.63, 3.8) is 0 Å². The molecule has 2 saturated heterocycles. The number of sulfonamides is 1. The van der Waals surface area contributed by atoms with Crippen LogP contribution < -0.4 is 0 Å². The zero-order valence-corrected chi connectivity index (χ0v) is 18.0. The highest BCUT2D eigenvalue weighted by molar-refractivity contribution is 7.95. The number of halogens is 1. The van der Waals surface area contributed by atoms with E-state index < -0.39 is 25.1 Å².